The third-order valence-electron chi connectivity index (χ3n) is 6.14. The number of halogens is 1. The zero-order chi connectivity index (χ0) is 20.5. The first-order valence-electron chi connectivity index (χ1n) is 9.48. The Kier molecular flexibility index (Phi) is 5.97. The Morgan fingerprint density at radius 1 is 1.36 bits per heavy atom. The van der Waals surface area contributed by atoms with Crippen LogP contribution in [0.2, 0.25) is 0 Å². The van der Waals surface area contributed by atoms with Gasteiger partial charge in [-0.15, -0.1) is 0 Å². The van der Waals surface area contributed by atoms with Gasteiger partial charge in [0.1, 0.15) is 12.4 Å². The molecule has 156 valence electrons. The van der Waals surface area contributed by atoms with E-state index in [0.717, 1.165) is 36.0 Å². The fraction of sp³-hybridized carbons (Fsp3) is 0.632. The average Bonchev–Trinajstić information content (AvgIpc) is 2.65. The van der Waals surface area contributed by atoms with Gasteiger partial charge in [-0.1, -0.05) is 6.07 Å². The molecule has 2 heterocycles. The largest absolute Gasteiger partial charge is 0.396 e. The minimum Gasteiger partial charge on any atom is -0.396 e. The maximum atomic E-state index is 13.6. The van der Waals surface area contributed by atoms with E-state index >= 15 is 0 Å². The van der Waals surface area contributed by atoms with Crippen LogP contribution < -0.4 is 4.31 Å². The van der Waals surface area contributed by atoms with Crippen LogP contribution >= 0.6 is 0 Å². The lowest BCUT2D eigenvalue weighted by Gasteiger charge is -2.53. The molecule has 0 aliphatic carbocycles. The van der Waals surface area contributed by atoms with E-state index in [0.29, 0.717) is 19.5 Å². The minimum absolute atomic E-state index is 0.0461. The van der Waals surface area contributed by atoms with Gasteiger partial charge in [0.2, 0.25) is 15.9 Å². The number of likely N-dealkylation sites (tertiary alicyclic amines) is 2. The van der Waals surface area contributed by atoms with Crippen molar-refractivity contribution >= 4 is 21.6 Å². The van der Waals surface area contributed by atoms with Crippen molar-refractivity contribution in [2.45, 2.75) is 25.3 Å². The molecule has 28 heavy (non-hydrogen) atoms. The molecule has 0 spiro atoms. The highest BCUT2D eigenvalue weighted by molar-refractivity contribution is 7.92. The van der Waals surface area contributed by atoms with Crippen LogP contribution in [0.3, 0.4) is 0 Å². The monoisotopic (exact) mass is 413 g/mol. The highest BCUT2D eigenvalue weighted by atomic mass is 32.2. The predicted octanol–water partition coefficient (Wildman–Crippen LogP) is 0.897. The molecule has 2 atom stereocenters. The predicted molar refractivity (Wildman–Crippen MR) is 105 cm³/mol. The average molecular weight is 414 g/mol. The molecule has 1 aromatic carbocycles. The topological polar surface area (TPSA) is 81.2 Å². The van der Waals surface area contributed by atoms with Crippen molar-refractivity contribution in [1.82, 2.24) is 9.80 Å². The van der Waals surface area contributed by atoms with Crippen molar-refractivity contribution < 1.29 is 22.7 Å². The van der Waals surface area contributed by atoms with Crippen LogP contribution in [0.5, 0.6) is 0 Å². The van der Waals surface area contributed by atoms with E-state index < -0.39 is 15.8 Å². The number of benzene rings is 1. The molecule has 0 unspecified atom stereocenters. The number of aliphatic hydroxyl groups excluding tert-OH is 1. The van der Waals surface area contributed by atoms with E-state index in [1.165, 1.54) is 18.2 Å². The van der Waals surface area contributed by atoms with E-state index in [1.807, 2.05) is 7.05 Å². The second-order valence-electron chi connectivity index (χ2n) is 7.96. The summed E-state index contributed by atoms with van der Waals surface area (Å²) in [6.07, 6.45) is 3.64. The second-order valence-corrected chi connectivity index (χ2v) is 9.87. The number of hydrogen-bond donors (Lipinski definition) is 1. The normalized spacial score (nSPS) is 26.0. The van der Waals surface area contributed by atoms with Crippen LogP contribution in [-0.4, -0.2) is 81.4 Å². The Hall–Kier alpha value is -1.71. The summed E-state index contributed by atoms with van der Waals surface area (Å²) < 4.78 is 39.0. The van der Waals surface area contributed by atoms with Crippen molar-refractivity contribution in [2.24, 2.45) is 5.41 Å². The van der Waals surface area contributed by atoms with E-state index in [2.05, 4.69) is 4.90 Å². The maximum Gasteiger partial charge on any atom is 0.243 e. The fourth-order valence-electron chi connectivity index (χ4n) is 4.50. The SMILES string of the molecule is CN1CCC[C@]2(CO)CCN(C(=O)CN(c3cccc(F)c3)S(C)(=O)=O)C[C@@H]12. The minimum atomic E-state index is -3.75. The van der Waals surface area contributed by atoms with Crippen LogP contribution in [-0.2, 0) is 14.8 Å². The van der Waals surface area contributed by atoms with Gasteiger partial charge in [0.15, 0.2) is 0 Å². The molecule has 1 amide bonds. The number of anilines is 1. The Labute approximate surface area is 165 Å². The first-order valence-corrected chi connectivity index (χ1v) is 11.3. The van der Waals surface area contributed by atoms with Gasteiger partial charge in [-0.3, -0.25) is 9.10 Å². The summed E-state index contributed by atoms with van der Waals surface area (Å²) in [5.41, 5.74) is -0.0737. The molecule has 0 bridgehead atoms. The highest BCUT2D eigenvalue weighted by Gasteiger charge is 2.47. The Morgan fingerprint density at radius 3 is 2.75 bits per heavy atom. The number of sulfonamides is 1. The Bertz CT molecular complexity index is 834. The first kappa shape index (κ1) is 21.0. The van der Waals surface area contributed by atoms with E-state index in [4.69, 9.17) is 0 Å². The number of carbonyl (C=O) groups is 1. The molecule has 1 N–H and O–H groups in total. The number of aliphatic hydroxyl groups is 1. The number of likely N-dealkylation sites (N-methyl/N-ethyl adjacent to an activating group) is 1. The van der Waals surface area contributed by atoms with Gasteiger partial charge < -0.3 is 14.9 Å². The maximum absolute atomic E-state index is 13.6. The number of nitrogens with zero attached hydrogens (tertiary/aromatic N) is 3. The molecule has 2 saturated heterocycles. The van der Waals surface area contributed by atoms with Crippen LogP contribution in [0.4, 0.5) is 10.1 Å². The summed E-state index contributed by atoms with van der Waals surface area (Å²) in [5, 5.41) is 9.99. The molecule has 7 nitrogen and oxygen atoms in total. The van der Waals surface area contributed by atoms with Crippen LogP contribution in [0.15, 0.2) is 24.3 Å². The van der Waals surface area contributed by atoms with Gasteiger partial charge >= 0.3 is 0 Å². The number of fused-ring (bicyclic) bond motifs is 1. The standard InChI is InChI=1S/C19H28FN3O4S/c1-21-9-4-7-19(14-24)8-10-22(12-17(19)21)18(25)13-23(28(2,26)27)16-6-3-5-15(20)11-16/h3,5-6,11,17,24H,4,7-10,12-14H2,1-2H3/t17-,19-/m1/s1. The van der Waals surface area contributed by atoms with Crippen molar-refractivity contribution in [3.63, 3.8) is 0 Å². The smallest absolute Gasteiger partial charge is 0.243 e. The third kappa shape index (κ3) is 4.16. The van der Waals surface area contributed by atoms with E-state index in [9.17, 15) is 22.7 Å². The summed E-state index contributed by atoms with van der Waals surface area (Å²) >= 11 is 0. The summed E-state index contributed by atoms with van der Waals surface area (Å²) in [7, 11) is -1.75. The Balaban J connectivity index is 1.78. The summed E-state index contributed by atoms with van der Waals surface area (Å²) in [5.74, 6) is -0.881. The molecule has 2 aliphatic rings. The quantitative estimate of drug-likeness (QED) is 0.776. The molecule has 2 aliphatic heterocycles. The number of piperidine rings is 2. The van der Waals surface area contributed by atoms with Crippen LogP contribution in [0.25, 0.3) is 0 Å². The molecule has 1 aromatic rings. The van der Waals surface area contributed by atoms with Crippen molar-refractivity contribution in [1.29, 1.82) is 0 Å². The number of amides is 1. The van der Waals surface area contributed by atoms with Crippen molar-refractivity contribution in [3.05, 3.63) is 30.1 Å². The van der Waals surface area contributed by atoms with Gasteiger partial charge in [-0.05, 0) is 51.1 Å². The fourth-order valence-corrected chi connectivity index (χ4v) is 5.34. The van der Waals surface area contributed by atoms with Gasteiger partial charge in [0.05, 0.1) is 18.6 Å². The molecule has 2 fully saturated rings. The summed E-state index contributed by atoms with van der Waals surface area (Å²) in [6, 6.07) is 5.27. The van der Waals surface area contributed by atoms with Crippen molar-refractivity contribution in [2.75, 3.05) is 50.4 Å². The summed E-state index contributed by atoms with van der Waals surface area (Å²) in [4.78, 5) is 16.8. The zero-order valence-corrected chi connectivity index (χ0v) is 17.2. The van der Waals surface area contributed by atoms with Crippen LogP contribution in [0.1, 0.15) is 19.3 Å². The van der Waals surface area contributed by atoms with Gasteiger partial charge in [0.25, 0.3) is 0 Å². The molecule has 0 radical (unpaired) electrons. The van der Waals surface area contributed by atoms with Gasteiger partial charge in [-0.25, -0.2) is 12.8 Å². The molecular formula is C19H28FN3O4S. The van der Waals surface area contributed by atoms with E-state index in [1.54, 1.807) is 4.90 Å². The van der Waals surface area contributed by atoms with E-state index in [-0.39, 0.29) is 36.2 Å². The zero-order valence-electron chi connectivity index (χ0n) is 16.3. The molecule has 0 aromatic heterocycles. The lowest BCUT2D eigenvalue weighted by atomic mass is 9.69. The Morgan fingerprint density at radius 2 is 2.11 bits per heavy atom. The molecule has 9 heteroatoms. The van der Waals surface area contributed by atoms with Gasteiger partial charge in [-0.2, -0.15) is 0 Å². The first-order chi connectivity index (χ1) is 13.2. The molecule has 3 rings (SSSR count). The van der Waals surface area contributed by atoms with Crippen molar-refractivity contribution in [3.8, 4) is 0 Å². The number of hydrogen-bond acceptors (Lipinski definition) is 5. The lowest BCUT2D eigenvalue weighted by Crippen LogP contribution is -2.63. The number of carbonyl (C=O) groups excluding carboxylic acids is 1. The number of rotatable bonds is 5. The third-order valence-corrected chi connectivity index (χ3v) is 7.28. The molecule has 0 saturated carbocycles. The second kappa shape index (κ2) is 7.96. The lowest BCUT2D eigenvalue weighted by molar-refractivity contribution is -0.138. The summed E-state index contributed by atoms with van der Waals surface area (Å²) in [6.45, 7) is 1.56. The van der Waals surface area contributed by atoms with Crippen LogP contribution in [0, 0.1) is 11.2 Å². The van der Waals surface area contributed by atoms with Gasteiger partial charge in [0, 0.05) is 24.5 Å². The molecular weight excluding hydrogens is 385 g/mol. The highest BCUT2D eigenvalue weighted by Crippen LogP contribution is 2.41.